The van der Waals surface area contributed by atoms with Crippen LogP contribution < -0.4 is 5.46 Å². The van der Waals surface area contributed by atoms with Crippen LogP contribution in [0.25, 0.3) is 0 Å². The Balaban J connectivity index is 3.53. The predicted octanol–water partition coefficient (Wildman–Crippen LogP) is 0.279. The highest BCUT2D eigenvalue weighted by Crippen LogP contribution is 2.19. The lowest BCUT2D eigenvalue weighted by molar-refractivity contribution is 0.422. The minimum absolute atomic E-state index is 0.196. The van der Waals surface area contributed by atoms with Crippen molar-refractivity contribution in [2.24, 2.45) is 0 Å². The van der Waals surface area contributed by atoms with E-state index in [2.05, 4.69) is 15.9 Å². The lowest BCUT2D eigenvalue weighted by atomic mass is 9.79. The highest BCUT2D eigenvalue weighted by Gasteiger charge is 2.23. The Morgan fingerprint density at radius 3 is 2.36 bits per heavy atom. The van der Waals surface area contributed by atoms with Gasteiger partial charge in [-0.1, -0.05) is 0 Å². The second kappa shape index (κ2) is 4.04. The van der Waals surface area contributed by atoms with Crippen molar-refractivity contribution in [2.75, 3.05) is 0 Å². The minimum Gasteiger partial charge on any atom is -0.423 e. The molecule has 72 valence electrons. The Morgan fingerprint density at radius 1 is 1.36 bits per heavy atom. The van der Waals surface area contributed by atoms with Crippen molar-refractivity contribution in [1.29, 1.82) is 5.26 Å². The van der Waals surface area contributed by atoms with Crippen LogP contribution in [0.2, 0.25) is 0 Å². The molecule has 0 radical (unpaired) electrons. The molecule has 0 unspecified atom stereocenters. The first-order chi connectivity index (χ1) is 6.49. The summed E-state index contributed by atoms with van der Waals surface area (Å²) in [6, 6.07) is 2.17. The van der Waals surface area contributed by atoms with Crippen molar-refractivity contribution >= 4 is 28.5 Å². The van der Waals surface area contributed by atoms with Gasteiger partial charge in [-0.15, -0.1) is 0 Å². The van der Waals surface area contributed by atoms with E-state index in [4.69, 9.17) is 15.3 Å². The quantitative estimate of drug-likeness (QED) is 0.564. The van der Waals surface area contributed by atoms with Gasteiger partial charge in [-0.25, -0.2) is 8.78 Å². The smallest absolute Gasteiger partial charge is 0.423 e. The number of hydrogen-bond acceptors (Lipinski definition) is 3. The standard InChI is InChI=1S/C7H3BBrF2NO2/c9-5-1-4(8(13)14)6(10)3(2-12)7(5)11/h1,13-14H. The molecule has 1 aromatic rings. The van der Waals surface area contributed by atoms with Crippen LogP contribution in [0, 0.1) is 23.0 Å². The molecule has 0 saturated heterocycles. The van der Waals surface area contributed by atoms with Crippen molar-refractivity contribution < 1.29 is 18.8 Å². The van der Waals surface area contributed by atoms with E-state index >= 15 is 0 Å². The Hall–Kier alpha value is -0.965. The van der Waals surface area contributed by atoms with Crippen molar-refractivity contribution in [3.8, 4) is 6.07 Å². The molecule has 0 aromatic heterocycles. The highest BCUT2D eigenvalue weighted by molar-refractivity contribution is 9.10. The molecule has 0 saturated carbocycles. The Morgan fingerprint density at radius 2 is 1.93 bits per heavy atom. The van der Waals surface area contributed by atoms with Gasteiger partial charge in [0.05, 0.1) is 4.47 Å². The number of nitriles is 1. The summed E-state index contributed by atoms with van der Waals surface area (Å²) in [4.78, 5) is 0. The molecule has 1 aromatic carbocycles. The molecule has 0 bridgehead atoms. The fourth-order valence-corrected chi connectivity index (χ4v) is 1.35. The van der Waals surface area contributed by atoms with Gasteiger partial charge < -0.3 is 10.0 Å². The van der Waals surface area contributed by atoms with Crippen LogP contribution in [-0.2, 0) is 0 Å². The first-order valence-corrected chi connectivity index (χ1v) is 4.22. The molecule has 0 atom stereocenters. The lowest BCUT2D eigenvalue weighted by Gasteiger charge is -2.05. The summed E-state index contributed by atoms with van der Waals surface area (Å²) in [7, 11) is -2.08. The summed E-state index contributed by atoms with van der Waals surface area (Å²) < 4.78 is 26.0. The molecule has 0 aliphatic rings. The van der Waals surface area contributed by atoms with Crippen LogP contribution in [0.5, 0.6) is 0 Å². The van der Waals surface area contributed by atoms with Gasteiger partial charge in [-0.05, 0) is 22.0 Å². The molecule has 7 heteroatoms. The number of halogens is 3. The fourth-order valence-electron chi connectivity index (χ4n) is 0.909. The van der Waals surface area contributed by atoms with Crippen molar-refractivity contribution in [3.63, 3.8) is 0 Å². The van der Waals surface area contributed by atoms with Gasteiger partial charge in [0.25, 0.3) is 0 Å². The Labute approximate surface area is 86.9 Å². The van der Waals surface area contributed by atoms with Gasteiger partial charge in [-0.2, -0.15) is 5.26 Å². The number of benzene rings is 1. The number of rotatable bonds is 1. The SMILES string of the molecule is N#Cc1c(F)c(Br)cc(B(O)O)c1F. The molecule has 0 aliphatic heterocycles. The highest BCUT2D eigenvalue weighted by atomic mass is 79.9. The monoisotopic (exact) mass is 261 g/mol. The first-order valence-electron chi connectivity index (χ1n) is 3.42. The zero-order valence-electron chi connectivity index (χ0n) is 6.63. The van der Waals surface area contributed by atoms with E-state index in [1.165, 1.54) is 6.07 Å². The second-order valence-electron chi connectivity index (χ2n) is 2.44. The zero-order valence-corrected chi connectivity index (χ0v) is 8.22. The molecule has 1 rings (SSSR count). The molecule has 0 fully saturated rings. The third-order valence-electron chi connectivity index (χ3n) is 1.57. The van der Waals surface area contributed by atoms with Crippen LogP contribution in [0.15, 0.2) is 10.5 Å². The van der Waals surface area contributed by atoms with E-state index in [1.54, 1.807) is 0 Å². The normalized spacial score (nSPS) is 9.71. The predicted molar refractivity (Wildman–Crippen MR) is 48.6 cm³/mol. The molecular formula is C7H3BBrF2NO2. The largest absolute Gasteiger partial charge is 0.491 e. The molecule has 0 spiro atoms. The summed E-state index contributed by atoms with van der Waals surface area (Å²) in [5.41, 5.74) is -1.39. The molecular weight excluding hydrogens is 259 g/mol. The van der Waals surface area contributed by atoms with E-state index in [0.29, 0.717) is 0 Å². The molecule has 3 nitrogen and oxygen atoms in total. The van der Waals surface area contributed by atoms with E-state index in [9.17, 15) is 8.78 Å². The summed E-state index contributed by atoms with van der Waals surface area (Å²) in [6.07, 6.45) is 0. The minimum atomic E-state index is -2.08. The average molecular weight is 262 g/mol. The summed E-state index contributed by atoms with van der Waals surface area (Å²) in [6.45, 7) is 0. The van der Waals surface area contributed by atoms with E-state index < -0.39 is 29.8 Å². The van der Waals surface area contributed by atoms with E-state index in [-0.39, 0.29) is 4.47 Å². The summed E-state index contributed by atoms with van der Waals surface area (Å²) in [5.74, 6) is -2.32. The topological polar surface area (TPSA) is 64.2 Å². The van der Waals surface area contributed by atoms with Crippen molar-refractivity contribution in [2.45, 2.75) is 0 Å². The maximum atomic E-state index is 13.2. The molecule has 0 aliphatic carbocycles. The molecule has 2 N–H and O–H groups in total. The first kappa shape index (κ1) is 11.1. The maximum absolute atomic E-state index is 13.2. The van der Waals surface area contributed by atoms with Gasteiger partial charge in [0.15, 0.2) is 5.82 Å². The average Bonchev–Trinajstić information content (AvgIpc) is 2.12. The van der Waals surface area contributed by atoms with Crippen LogP contribution in [0.3, 0.4) is 0 Å². The van der Waals surface area contributed by atoms with Crippen LogP contribution in [-0.4, -0.2) is 17.2 Å². The van der Waals surface area contributed by atoms with Crippen LogP contribution in [0.4, 0.5) is 8.78 Å². The van der Waals surface area contributed by atoms with E-state index in [0.717, 1.165) is 6.07 Å². The summed E-state index contributed by atoms with van der Waals surface area (Å²) in [5, 5.41) is 25.8. The van der Waals surface area contributed by atoms with Crippen LogP contribution >= 0.6 is 15.9 Å². The van der Waals surface area contributed by atoms with Gasteiger partial charge >= 0.3 is 7.12 Å². The summed E-state index contributed by atoms with van der Waals surface area (Å²) >= 11 is 2.73. The Kier molecular flexibility index (Phi) is 3.21. The molecule has 0 amide bonds. The zero-order chi connectivity index (χ0) is 10.9. The fraction of sp³-hybridized carbons (Fsp3) is 0. The second-order valence-corrected chi connectivity index (χ2v) is 3.29. The maximum Gasteiger partial charge on any atom is 0.491 e. The van der Waals surface area contributed by atoms with Crippen molar-refractivity contribution in [3.05, 3.63) is 27.7 Å². The van der Waals surface area contributed by atoms with Gasteiger partial charge in [-0.3, -0.25) is 0 Å². The van der Waals surface area contributed by atoms with Gasteiger partial charge in [0, 0.05) is 5.46 Å². The van der Waals surface area contributed by atoms with Crippen molar-refractivity contribution in [1.82, 2.24) is 0 Å². The molecule has 0 heterocycles. The van der Waals surface area contributed by atoms with E-state index in [1.807, 2.05) is 0 Å². The number of hydrogen-bond donors (Lipinski definition) is 2. The Bertz CT molecular complexity index is 419. The van der Waals surface area contributed by atoms with Crippen LogP contribution in [0.1, 0.15) is 5.56 Å². The number of nitrogens with zero attached hydrogens (tertiary/aromatic N) is 1. The lowest BCUT2D eigenvalue weighted by Crippen LogP contribution is -2.34. The third kappa shape index (κ3) is 1.77. The third-order valence-corrected chi connectivity index (χ3v) is 2.15. The molecule has 14 heavy (non-hydrogen) atoms. The van der Waals surface area contributed by atoms with Gasteiger partial charge in [0.2, 0.25) is 0 Å². The van der Waals surface area contributed by atoms with Gasteiger partial charge in [0.1, 0.15) is 17.4 Å².